The Morgan fingerprint density at radius 1 is 1.05 bits per heavy atom. The summed E-state index contributed by atoms with van der Waals surface area (Å²) in [5, 5.41) is 5.16. The van der Waals surface area contributed by atoms with Gasteiger partial charge in [0.1, 0.15) is 0 Å². The van der Waals surface area contributed by atoms with Gasteiger partial charge in [-0.05, 0) is 31.2 Å². The molecule has 20 heavy (non-hydrogen) atoms. The van der Waals surface area contributed by atoms with Crippen LogP contribution in [-0.4, -0.2) is 9.78 Å². The van der Waals surface area contributed by atoms with Gasteiger partial charge in [-0.15, -0.1) is 0 Å². The van der Waals surface area contributed by atoms with E-state index in [0.29, 0.717) is 10.7 Å². The molecule has 1 heterocycles. The SMILES string of the molecule is Cc1cc(-c2ccccc2)n(-c2ccc(Cl)cc2N)n1. The third-order valence-electron chi connectivity index (χ3n) is 3.12. The van der Waals surface area contributed by atoms with Gasteiger partial charge in [0.05, 0.1) is 22.8 Å². The zero-order chi connectivity index (χ0) is 14.1. The van der Waals surface area contributed by atoms with Gasteiger partial charge in [0, 0.05) is 10.6 Å². The molecule has 0 saturated carbocycles. The van der Waals surface area contributed by atoms with Gasteiger partial charge < -0.3 is 5.73 Å². The fraction of sp³-hybridized carbons (Fsp3) is 0.0625. The third kappa shape index (κ3) is 2.28. The molecular weight excluding hydrogens is 270 g/mol. The van der Waals surface area contributed by atoms with Gasteiger partial charge in [0.15, 0.2) is 0 Å². The number of nitrogens with two attached hydrogens (primary N) is 1. The molecule has 0 aliphatic carbocycles. The zero-order valence-electron chi connectivity index (χ0n) is 11.0. The van der Waals surface area contributed by atoms with Crippen LogP contribution in [0.5, 0.6) is 0 Å². The number of benzene rings is 2. The van der Waals surface area contributed by atoms with Gasteiger partial charge in [0.2, 0.25) is 0 Å². The highest BCUT2D eigenvalue weighted by molar-refractivity contribution is 6.30. The summed E-state index contributed by atoms with van der Waals surface area (Å²) >= 11 is 5.96. The van der Waals surface area contributed by atoms with Crippen LogP contribution in [-0.2, 0) is 0 Å². The first-order valence-electron chi connectivity index (χ1n) is 6.32. The van der Waals surface area contributed by atoms with E-state index in [4.69, 9.17) is 17.3 Å². The molecule has 0 radical (unpaired) electrons. The van der Waals surface area contributed by atoms with Crippen LogP contribution < -0.4 is 5.73 Å². The van der Waals surface area contributed by atoms with Crippen molar-refractivity contribution in [2.45, 2.75) is 6.92 Å². The van der Waals surface area contributed by atoms with Gasteiger partial charge >= 0.3 is 0 Å². The normalized spacial score (nSPS) is 10.7. The number of nitrogens with zero attached hydrogens (tertiary/aromatic N) is 2. The summed E-state index contributed by atoms with van der Waals surface area (Å²) in [5.74, 6) is 0. The lowest BCUT2D eigenvalue weighted by atomic mass is 10.1. The summed E-state index contributed by atoms with van der Waals surface area (Å²) in [4.78, 5) is 0. The van der Waals surface area contributed by atoms with Crippen LogP contribution in [0, 0.1) is 6.92 Å². The third-order valence-corrected chi connectivity index (χ3v) is 3.35. The molecule has 1 aromatic heterocycles. The van der Waals surface area contributed by atoms with Crippen LogP contribution >= 0.6 is 11.6 Å². The maximum atomic E-state index is 6.06. The summed E-state index contributed by atoms with van der Waals surface area (Å²) in [5.41, 5.74) is 10.6. The summed E-state index contributed by atoms with van der Waals surface area (Å²) < 4.78 is 1.86. The van der Waals surface area contributed by atoms with E-state index >= 15 is 0 Å². The van der Waals surface area contributed by atoms with Crippen molar-refractivity contribution in [2.24, 2.45) is 0 Å². The Kier molecular flexibility index (Phi) is 3.20. The standard InChI is InChI=1S/C16H14ClN3/c1-11-9-16(12-5-3-2-4-6-12)20(19-11)15-8-7-13(17)10-14(15)18/h2-10H,18H2,1H3. The molecule has 0 unspecified atom stereocenters. The number of aromatic nitrogens is 2. The smallest absolute Gasteiger partial charge is 0.0883 e. The van der Waals surface area contributed by atoms with Crippen molar-refractivity contribution in [1.82, 2.24) is 9.78 Å². The molecule has 0 saturated heterocycles. The van der Waals surface area contributed by atoms with Crippen molar-refractivity contribution in [3.05, 3.63) is 65.3 Å². The Labute approximate surface area is 122 Å². The molecule has 3 aromatic rings. The van der Waals surface area contributed by atoms with Crippen molar-refractivity contribution in [1.29, 1.82) is 0 Å². The molecule has 4 heteroatoms. The Morgan fingerprint density at radius 3 is 2.50 bits per heavy atom. The molecule has 0 aliphatic rings. The fourth-order valence-corrected chi connectivity index (χ4v) is 2.40. The lowest BCUT2D eigenvalue weighted by Crippen LogP contribution is -2.03. The molecule has 0 atom stereocenters. The van der Waals surface area contributed by atoms with E-state index in [0.717, 1.165) is 22.6 Å². The largest absolute Gasteiger partial charge is 0.397 e. The molecule has 100 valence electrons. The number of aryl methyl sites for hydroxylation is 1. The Bertz CT molecular complexity index is 748. The first kappa shape index (κ1) is 12.8. The zero-order valence-corrected chi connectivity index (χ0v) is 11.8. The molecule has 0 amide bonds. The minimum atomic E-state index is 0.609. The highest BCUT2D eigenvalue weighted by Gasteiger charge is 2.11. The molecule has 3 rings (SSSR count). The lowest BCUT2D eigenvalue weighted by molar-refractivity contribution is 0.871. The maximum Gasteiger partial charge on any atom is 0.0883 e. The highest BCUT2D eigenvalue weighted by Crippen LogP contribution is 2.28. The predicted molar refractivity (Wildman–Crippen MR) is 83.2 cm³/mol. The minimum Gasteiger partial charge on any atom is -0.397 e. The molecule has 2 aromatic carbocycles. The van der Waals surface area contributed by atoms with Crippen molar-refractivity contribution < 1.29 is 0 Å². The van der Waals surface area contributed by atoms with E-state index in [1.54, 1.807) is 6.07 Å². The van der Waals surface area contributed by atoms with Crippen molar-refractivity contribution in [3.8, 4) is 16.9 Å². The van der Waals surface area contributed by atoms with Crippen LogP contribution in [0.25, 0.3) is 16.9 Å². The van der Waals surface area contributed by atoms with Gasteiger partial charge in [-0.25, -0.2) is 4.68 Å². The number of halogens is 1. The van der Waals surface area contributed by atoms with Gasteiger partial charge in [0.25, 0.3) is 0 Å². The van der Waals surface area contributed by atoms with Crippen LogP contribution in [0.15, 0.2) is 54.6 Å². The monoisotopic (exact) mass is 283 g/mol. The average molecular weight is 284 g/mol. The Morgan fingerprint density at radius 2 is 1.80 bits per heavy atom. The molecule has 0 bridgehead atoms. The van der Waals surface area contributed by atoms with Crippen LogP contribution in [0.4, 0.5) is 5.69 Å². The first-order valence-corrected chi connectivity index (χ1v) is 6.70. The van der Waals surface area contributed by atoms with E-state index in [2.05, 4.69) is 17.2 Å². The van der Waals surface area contributed by atoms with Gasteiger partial charge in [-0.3, -0.25) is 0 Å². The Hall–Kier alpha value is -2.26. The minimum absolute atomic E-state index is 0.609. The highest BCUT2D eigenvalue weighted by atomic mass is 35.5. The molecule has 0 aliphatic heterocycles. The second kappa shape index (κ2) is 5.02. The quantitative estimate of drug-likeness (QED) is 0.720. The summed E-state index contributed by atoms with van der Waals surface area (Å²) in [6, 6.07) is 17.6. The summed E-state index contributed by atoms with van der Waals surface area (Å²) in [7, 11) is 0. The molecule has 3 nitrogen and oxygen atoms in total. The Balaban J connectivity index is 2.20. The van der Waals surface area contributed by atoms with Crippen LogP contribution in [0.1, 0.15) is 5.69 Å². The van der Waals surface area contributed by atoms with Crippen molar-refractivity contribution in [2.75, 3.05) is 5.73 Å². The van der Waals surface area contributed by atoms with E-state index in [1.807, 2.05) is 48.0 Å². The molecular formula is C16H14ClN3. The maximum absolute atomic E-state index is 6.06. The number of nitrogen functional groups attached to an aromatic ring is 1. The lowest BCUT2D eigenvalue weighted by Gasteiger charge is -2.10. The number of anilines is 1. The fourth-order valence-electron chi connectivity index (χ4n) is 2.22. The van der Waals surface area contributed by atoms with E-state index in [1.165, 1.54) is 0 Å². The molecule has 2 N–H and O–H groups in total. The van der Waals surface area contributed by atoms with Crippen LogP contribution in [0.3, 0.4) is 0 Å². The van der Waals surface area contributed by atoms with Crippen LogP contribution in [0.2, 0.25) is 5.02 Å². The number of hydrogen-bond acceptors (Lipinski definition) is 2. The van der Waals surface area contributed by atoms with E-state index < -0.39 is 0 Å². The van der Waals surface area contributed by atoms with E-state index in [-0.39, 0.29) is 0 Å². The summed E-state index contributed by atoms with van der Waals surface area (Å²) in [6.45, 7) is 1.97. The second-order valence-corrected chi connectivity index (χ2v) is 5.09. The summed E-state index contributed by atoms with van der Waals surface area (Å²) in [6.07, 6.45) is 0. The second-order valence-electron chi connectivity index (χ2n) is 4.65. The van der Waals surface area contributed by atoms with Crippen molar-refractivity contribution in [3.63, 3.8) is 0 Å². The predicted octanol–water partition coefficient (Wildman–Crippen LogP) is 4.08. The van der Waals surface area contributed by atoms with Gasteiger partial charge in [-0.2, -0.15) is 5.10 Å². The van der Waals surface area contributed by atoms with Crippen molar-refractivity contribution >= 4 is 17.3 Å². The van der Waals surface area contributed by atoms with Gasteiger partial charge in [-0.1, -0.05) is 41.9 Å². The van der Waals surface area contributed by atoms with E-state index in [9.17, 15) is 0 Å². The molecule has 0 fully saturated rings. The molecule has 0 spiro atoms. The first-order chi connectivity index (χ1) is 9.65. The average Bonchev–Trinajstić information content (AvgIpc) is 2.81. The number of rotatable bonds is 2. The topological polar surface area (TPSA) is 43.8 Å². The number of hydrogen-bond donors (Lipinski definition) is 1.